The van der Waals surface area contributed by atoms with E-state index in [0.29, 0.717) is 11.3 Å². The quantitative estimate of drug-likeness (QED) is 0.846. The highest BCUT2D eigenvalue weighted by molar-refractivity contribution is 7.10. The fourth-order valence-corrected chi connectivity index (χ4v) is 3.06. The predicted octanol–water partition coefficient (Wildman–Crippen LogP) is 3.17. The average molecular weight is 318 g/mol. The van der Waals surface area contributed by atoms with Gasteiger partial charge in [0.1, 0.15) is 23.0 Å². The van der Waals surface area contributed by atoms with E-state index in [2.05, 4.69) is 6.07 Å². The van der Waals surface area contributed by atoms with E-state index in [0.717, 1.165) is 4.88 Å². The van der Waals surface area contributed by atoms with Gasteiger partial charge in [0.25, 0.3) is 0 Å². The molecule has 1 aliphatic heterocycles. The number of carbonyl (C=O) groups is 1. The molecule has 0 fully saturated rings. The van der Waals surface area contributed by atoms with Gasteiger partial charge in [0.2, 0.25) is 5.88 Å². The number of esters is 1. The summed E-state index contributed by atoms with van der Waals surface area (Å²) in [5.41, 5.74) is 5.74. The number of allylic oxidation sites excluding steroid dienone is 2. The minimum Gasteiger partial charge on any atom is -0.456 e. The summed E-state index contributed by atoms with van der Waals surface area (Å²) in [6.45, 7) is 7.03. The van der Waals surface area contributed by atoms with E-state index in [-0.39, 0.29) is 11.5 Å². The van der Waals surface area contributed by atoms with Crippen molar-refractivity contribution in [3.05, 3.63) is 45.2 Å². The molecule has 0 spiro atoms. The first-order valence-corrected chi connectivity index (χ1v) is 7.67. The molecule has 22 heavy (non-hydrogen) atoms. The van der Waals surface area contributed by atoms with Crippen molar-refractivity contribution < 1.29 is 14.3 Å². The zero-order valence-electron chi connectivity index (χ0n) is 13.0. The molecule has 2 rings (SSSR count). The van der Waals surface area contributed by atoms with Gasteiger partial charge < -0.3 is 15.2 Å². The summed E-state index contributed by atoms with van der Waals surface area (Å²) in [4.78, 5) is 13.4. The Kier molecular flexibility index (Phi) is 4.29. The molecular formula is C16H18N2O3S. The van der Waals surface area contributed by atoms with Crippen LogP contribution in [0, 0.1) is 11.3 Å². The van der Waals surface area contributed by atoms with E-state index in [9.17, 15) is 10.1 Å². The van der Waals surface area contributed by atoms with Gasteiger partial charge in [-0.2, -0.15) is 5.26 Å². The molecule has 0 amide bonds. The van der Waals surface area contributed by atoms with E-state index < -0.39 is 17.5 Å². The minimum absolute atomic E-state index is 0.0331. The van der Waals surface area contributed by atoms with Crippen molar-refractivity contribution in [2.75, 3.05) is 0 Å². The topological polar surface area (TPSA) is 85.3 Å². The lowest BCUT2D eigenvalue weighted by molar-refractivity contribution is -0.150. The van der Waals surface area contributed by atoms with Crippen LogP contribution in [0.2, 0.25) is 0 Å². The summed E-state index contributed by atoms with van der Waals surface area (Å²) in [5.74, 6) is -0.646. The number of nitrogens with zero attached hydrogens (tertiary/aromatic N) is 1. The van der Waals surface area contributed by atoms with Crippen LogP contribution in [-0.4, -0.2) is 11.6 Å². The van der Waals surface area contributed by atoms with Gasteiger partial charge in [0.15, 0.2) is 0 Å². The van der Waals surface area contributed by atoms with E-state index in [4.69, 9.17) is 15.2 Å². The molecule has 116 valence electrons. The standard InChI is InChI=1S/C16H18N2O3S/c1-9-12(15(19)21-16(2,3)4)13(11-6-5-7-22-11)10(8-17)14(18)20-9/h5-7,13H,18H2,1-4H3/t13-/m1/s1. The van der Waals surface area contributed by atoms with Gasteiger partial charge in [-0.3, -0.25) is 0 Å². The molecule has 0 bridgehead atoms. The molecule has 2 heterocycles. The van der Waals surface area contributed by atoms with Gasteiger partial charge in [-0.05, 0) is 39.1 Å². The molecule has 5 nitrogen and oxygen atoms in total. The second-order valence-corrected chi connectivity index (χ2v) is 6.89. The summed E-state index contributed by atoms with van der Waals surface area (Å²) in [5, 5.41) is 11.3. The van der Waals surface area contributed by atoms with Gasteiger partial charge >= 0.3 is 5.97 Å². The van der Waals surface area contributed by atoms with Crippen LogP contribution in [-0.2, 0) is 14.3 Å². The summed E-state index contributed by atoms with van der Waals surface area (Å²) < 4.78 is 10.8. The highest BCUT2D eigenvalue weighted by Crippen LogP contribution is 2.41. The Morgan fingerprint density at radius 3 is 2.68 bits per heavy atom. The lowest BCUT2D eigenvalue weighted by Crippen LogP contribution is -2.30. The lowest BCUT2D eigenvalue weighted by Gasteiger charge is -2.28. The van der Waals surface area contributed by atoms with Gasteiger partial charge in [0, 0.05) is 4.88 Å². The largest absolute Gasteiger partial charge is 0.456 e. The number of carbonyl (C=O) groups excluding carboxylic acids is 1. The smallest absolute Gasteiger partial charge is 0.339 e. The molecule has 0 aliphatic carbocycles. The maximum absolute atomic E-state index is 12.6. The zero-order valence-corrected chi connectivity index (χ0v) is 13.8. The molecule has 0 saturated heterocycles. The third kappa shape index (κ3) is 3.15. The maximum atomic E-state index is 12.6. The number of nitrogens with two attached hydrogens (primary N) is 1. The fourth-order valence-electron chi connectivity index (χ4n) is 2.22. The number of rotatable bonds is 2. The first-order valence-electron chi connectivity index (χ1n) is 6.79. The van der Waals surface area contributed by atoms with Gasteiger partial charge in [0.05, 0.1) is 11.5 Å². The molecule has 0 saturated carbocycles. The molecule has 6 heteroatoms. The molecule has 0 aromatic carbocycles. The summed E-state index contributed by atoms with van der Waals surface area (Å²) in [6, 6.07) is 5.78. The number of ether oxygens (including phenoxy) is 2. The Hall–Kier alpha value is -2.26. The van der Waals surface area contributed by atoms with E-state index in [1.165, 1.54) is 11.3 Å². The van der Waals surface area contributed by atoms with Gasteiger partial charge in [-0.1, -0.05) is 6.07 Å². The molecule has 0 radical (unpaired) electrons. The van der Waals surface area contributed by atoms with Crippen LogP contribution in [0.25, 0.3) is 0 Å². The summed E-state index contributed by atoms with van der Waals surface area (Å²) in [7, 11) is 0. The van der Waals surface area contributed by atoms with Crippen molar-refractivity contribution in [1.29, 1.82) is 5.26 Å². The van der Waals surface area contributed by atoms with E-state index in [1.807, 2.05) is 17.5 Å². The van der Waals surface area contributed by atoms with Crippen molar-refractivity contribution in [2.24, 2.45) is 5.73 Å². The summed E-state index contributed by atoms with van der Waals surface area (Å²) in [6.07, 6.45) is 0. The second kappa shape index (κ2) is 5.85. The number of hydrogen-bond donors (Lipinski definition) is 1. The molecule has 0 unspecified atom stereocenters. The first-order chi connectivity index (χ1) is 10.2. The number of thiophene rings is 1. The minimum atomic E-state index is -0.635. The van der Waals surface area contributed by atoms with Crippen molar-refractivity contribution in [3.63, 3.8) is 0 Å². The Morgan fingerprint density at radius 2 is 2.18 bits per heavy atom. The van der Waals surface area contributed by atoms with Crippen molar-refractivity contribution in [3.8, 4) is 6.07 Å². The van der Waals surface area contributed by atoms with Gasteiger partial charge in [-0.15, -0.1) is 11.3 Å². The Balaban J connectivity index is 2.52. The van der Waals surface area contributed by atoms with Crippen LogP contribution in [0.3, 0.4) is 0 Å². The monoisotopic (exact) mass is 318 g/mol. The molecule has 1 aromatic heterocycles. The Labute approximate surface area is 133 Å². The Bertz CT molecular complexity index is 688. The number of nitriles is 1. The lowest BCUT2D eigenvalue weighted by atomic mass is 9.87. The van der Waals surface area contributed by atoms with Crippen LogP contribution in [0.1, 0.15) is 38.5 Å². The van der Waals surface area contributed by atoms with Crippen LogP contribution in [0.4, 0.5) is 0 Å². The van der Waals surface area contributed by atoms with Crippen molar-refractivity contribution in [1.82, 2.24) is 0 Å². The zero-order chi connectivity index (χ0) is 16.5. The molecule has 2 N–H and O–H groups in total. The van der Waals surface area contributed by atoms with Crippen molar-refractivity contribution >= 4 is 17.3 Å². The van der Waals surface area contributed by atoms with Crippen LogP contribution in [0.5, 0.6) is 0 Å². The second-order valence-electron chi connectivity index (χ2n) is 5.91. The van der Waals surface area contributed by atoms with E-state index in [1.54, 1.807) is 27.7 Å². The van der Waals surface area contributed by atoms with Crippen LogP contribution in [0.15, 0.2) is 40.3 Å². The SMILES string of the molecule is CC1=C(C(=O)OC(C)(C)C)[C@@H](c2cccs2)C(C#N)=C(N)O1. The van der Waals surface area contributed by atoms with Crippen molar-refractivity contribution in [2.45, 2.75) is 39.2 Å². The molecule has 1 aliphatic rings. The maximum Gasteiger partial charge on any atom is 0.339 e. The Morgan fingerprint density at radius 1 is 1.50 bits per heavy atom. The molecular weight excluding hydrogens is 300 g/mol. The molecule has 1 aromatic rings. The van der Waals surface area contributed by atoms with Gasteiger partial charge in [-0.25, -0.2) is 4.79 Å². The summed E-state index contributed by atoms with van der Waals surface area (Å²) >= 11 is 1.45. The highest BCUT2D eigenvalue weighted by atomic mass is 32.1. The fraction of sp³-hybridized carbons (Fsp3) is 0.375. The number of hydrogen-bond acceptors (Lipinski definition) is 6. The average Bonchev–Trinajstić information content (AvgIpc) is 2.88. The third-order valence-electron chi connectivity index (χ3n) is 3.05. The normalized spacial score (nSPS) is 18.8. The van der Waals surface area contributed by atoms with Crippen LogP contribution < -0.4 is 5.73 Å². The predicted molar refractivity (Wildman–Crippen MR) is 83.5 cm³/mol. The van der Waals surface area contributed by atoms with Crippen LogP contribution >= 0.6 is 11.3 Å². The first kappa shape index (κ1) is 16.1. The highest BCUT2D eigenvalue weighted by Gasteiger charge is 2.38. The third-order valence-corrected chi connectivity index (χ3v) is 3.99. The molecule has 1 atom stereocenters. The van der Waals surface area contributed by atoms with E-state index >= 15 is 0 Å².